The Bertz CT molecular complexity index is 591. The van der Waals surface area contributed by atoms with E-state index in [1.807, 2.05) is 61.6 Å². The van der Waals surface area contributed by atoms with Crippen LogP contribution in [0, 0.1) is 0 Å². The van der Waals surface area contributed by atoms with Crippen molar-refractivity contribution in [1.29, 1.82) is 0 Å². The van der Waals surface area contributed by atoms with E-state index in [1.54, 1.807) is 0 Å². The summed E-state index contributed by atoms with van der Waals surface area (Å²) in [5, 5.41) is 5.90. The third-order valence-corrected chi connectivity index (χ3v) is 3.26. The number of amides is 1. The van der Waals surface area contributed by atoms with Crippen LogP contribution < -0.4 is 10.6 Å². The fourth-order valence-electron chi connectivity index (χ4n) is 2.07. The van der Waals surface area contributed by atoms with Crippen molar-refractivity contribution in [3.8, 4) is 0 Å². The van der Waals surface area contributed by atoms with E-state index < -0.39 is 0 Å². The summed E-state index contributed by atoms with van der Waals surface area (Å²) in [7, 11) is 1.83. The van der Waals surface area contributed by atoms with Gasteiger partial charge in [-0.2, -0.15) is 0 Å². The predicted molar refractivity (Wildman–Crippen MR) is 95.8 cm³/mol. The number of nitrogens with one attached hydrogen (secondary N) is 2. The maximum absolute atomic E-state index is 11.8. The van der Waals surface area contributed by atoms with Crippen LogP contribution in [0.1, 0.15) is 17.5 Å². The lowest BCUT2D eigenvalue weighted by molar-refractivity contribution is -0.116. The standard InChI is InChI=1S/C18H22N2O2.ClH/c1-19-12-11-18(21)20-17-10-6-5-9-16(17)14-22-13-15-7-3-2-4-8-15;/h2-10,19H,11-14H2,1H3,(H,20,21);1H. The molecule has 0 bridgehead atoms. The number of hydrogen-bond acceptors (Lipinski definition) is 3. The average molecular weight is 335 g/mol. The lowest BCUT2D eigenvalue weighted by atomic mass is 10.2. The van der Waals surface area contributed by atoms with Crippen molar-refractivity contribution in [1.82, 2.24) is 5.32 Å². The number of carbonyl (C=O) groups excluding carboxylic acids is 1. The highest BCUT2D eigenvalue weighted by Crippen LogP contribution is 2.17. The van der Waals surface area contributed by atoms with Gasteiger partial charge < -0.3 is 15.4 Å². The van der Waals surface area contributed by atoms with E-state index in [9.17, 15) is 4.79 Å². The van der Waals surface area contributed by atoms with E-state index in [4.69, 9.17) is 4.74 Å². The van der Waals surface area contributed by atoms with Crippen molar-refractivity contribution >= 4 is 24.0 Å². The second-order valence-electron chi connectivity index (χ2n) is 5.04. The molecule has 0 atom stereocenters. The van der Waals surface area contributed by atoms with Gasteiger partial charge in [-0.05, 0) is 18.7 Å². The molecule has 0 radical (unpaired) electrons. The Hall–Kier alpha value is -1.88. The summed E-state index contributed by atoms with van der Waals surface area (Å²) in [6.45, 7) is 1.69. The zero-order chi connectivity index (χ0) is 15.6. The fourth-order valence-corrected chi connectivity index (χ4v) is 2.07. The van der Waals surface area contributed by atoms with Crippen molar-refractivity contribution in [2.75, 3.05) is 18.9 Å². The topological polar surface area (TPSA) is 50.4 Å². The molecule has 2 aromatic carbocycles. The summed E-state index contributed by atoms with van der Waals surface area (Å²) < 4.78 is 5.75. The maximum atomic E-state index is 11.8. The zero-order valence-corrected chi connectivity index (χ0v) is 14.1. The highest BCUT2D eigenvalue weighted by atomic mass is 35.5. The maximum Gasteiger partial charge on any atom is 0.225 e. The van der Waals surface area contributed by atoms with Gasteiger partial charge in [-0.1, -0.05) is 48.5 Å². The molecular formula is C18H23ClN2O2. The number of para-hydroxylation sites is 1. The summed E-state index contributed by atoms with van der Waals surface area (Å²) >= 11 is 0. The Balaban J connectivity index is 0.00000264. The number of ether oxygens (including phenoxy) is 1. The Morgan fingerprint density at radius 1 is 1.00 bits per heavy atom. The Morgan fingerprint density at radius 3 is 2.43 bits per heavy atom. The van der Waals surface area contributed by atoms with E-state index in [0.29, 0.717) is 26.2 Å². The monoisotopic (exact) mass is 334 g/mol. The van der Waals surface area contributed by atoms with Gasteiger partial charge in [0.1, 0.15) is 0 Å². The first-order valence-electron chi connectivity index (χ1n) is 7.43. The summed E-state index contributed by atoms with van der Waals surface area (Å²) in [5.74, 6) is 0.00450. The molecule has 2 aromatic rings. The van der Waals surface area contributed by atoms with E-state index in [1.165, 1.54) is 0 Å². The molecule has 2 rings (SSSR count). The lowest BCUT2D eigenvalue weighted by Crippen LogP contribution is -2.19. The first-order chi connectivity index (χ1) is 10.8. The van der Waals surface area contributed by atoms with E-state index in [2.05, 4.69) is 10.6 Å². The van der Waals surface area contributed by atoms with Crippen LogP contribution >= 0.6 is 12.4 Å². The molecule has 1 amide bonds. The molecule has 0 fully saturated rings. The predicted octanol–water partition coefficient (Wildman–Crippen LogP) is 3.37. The number of hydrogen-bond donors (Lipinski definition) is 2. The summed E-state index contributed by atoms with van der Waals surface area (Å²) in [6, 6.07) is 17.8. The van der Waals surface area contributed by atoms with Gasteiger partial charge in [0, 0.05) is 24.2 Å². The molecule has 5 heteroatoms. The van der Waals surface area contributed by atoms with Crippen LogP contribution in [0.4, 0.5) is 5.69 Å². The van der Waals surface area contributed by atoms with Gasteiger partial charge in [0.15, 0.2) is 0 Å². The number of carbonyl (C=O) groups is 1. The zero-order valence-electron chi connectivity index (χ0n) is 13.2. The third kappa shape index (κ3) is 6.82. The molecule has 0 saturated carbocycles. The van der Waals surface area contributed by atoms with Crippen molar-refractivity contribution < 1.29 is 9.53 Å². The molecule has 0 aliphatic heterocycles. The van der Waals surface area contributed by atoms with E-state index >= 15 is 0 Å². The molecule has 23 heavy (non-hydrogen) atoms. The van der Waals surface area contributed by atoms with Gasteiger partial charge in [-0.25, -0.2) is 0 Å². The van der Waals surface area contributed by atoms with Crippen molar-refractivity contribution in [3.05, 3.63) is 65.7 Å². The van der Waals surface area contributed by atoms with Crippen molar-refractivity contribution in [3.63, 3.8) is 0 Å². The smallest absolute Gasteiger partial charge is 0.225 e. The van der Waals surface area contributed by atoms with E-state index in [0.717, 1.165) is 16.8 Å². The van der Waals surface area contributed by atoms with Gasteiger partial charge in [0.25, 0.3) is 0 Å². The van der Waals surface area contributed by atoms with Crippen LogP contribution in [0.15, 0.2) is 54.6 Å². The number of halogens is 1. The SMILES string of the molecule is CNCCC(=O)Nc1ccccc1COCc1ccccc1.Cl. The van der Waals surface area contributed by atoms with Crippen LogP contribution in [-0.4, -0.2) is 19.5 Å². The van der Waals surface area contributed by atoms with Crippen LogP contribution in [-0.2, 0) is 22.7 Å². The van der Waals surface area contributed by atoms with Crippen LogP contribution in [0.2, 0.25) is 0 Å². The van der Waals surface area contributed by atoms with Gasteiger partial charge >= 0.3 is 0 Å². The Labute approximate surface area is 143 Å². The fraction of sp³-hybridized carbons (Fsp3) is 0.278. The molecule has 4 nitrogen and oxygen atoms in total. The average Bonchev–Trinajstić information content (AvgIpc) is 2.55. The molecule has 124 valence electrons. The second kappa shape index (κ2) is 10.8. The van der Waals surface area contributed by atoms with Gasteiger partial charge in [0.05, 0.1) is 13.2 Å². The van der Waals surface area contributed by atoms with E-state index in [-0.39, 0.29) is 18.3 Å². The molecular weight excluding hydrogens is 312 g/mol. The molecule has 0 spiro atoms. The molecule has 0 heterocycles. The minimum absolute atomic E-state index is 0. The largest absolute Gasteiger partial charge is 0.372 e. The molecule has 0 aliphatic rings. The lowest BCUT2D eigenvalue weighted by Gasteiger charge is -2.11. The normalized spacial score (nSPS) is 9.96. The molecule has 0 aliphatic carbocycles. The molecule has 0 saturated heterocycles. The minimum Gasteiger partial charge on any atom is -0.372 e. The second-order valence-corrected chi connectivity index (χ2v) is 5.04. The summed E-state index contributed by atoms with van der Waals surface area (Å²) in [4.78, 5) is 11.8. The van der Waals surface area contributed by atoms with Crippen molar-refractivity contribution in [2.24, 2.45) is 0 Å². The Morgan fingerprint density at radius 2 is 1.70 bits per heavy atom. The summed E-state index contributed by atoms with van der Waals surface area (Å²) in [5.41, 5.74) is 2.94. The first kappa shape index (κ1) is 19.2. The quantitative estimate of drug-likeness (QED) is 0.778. The number of rotatable bonds is 8. The molecule has 2 N–H and O–H groups in total. The Kier molecular flexibility index (Phi) is 8.98. The van der Waals surface area contributed by atoms with Crippen molar-refractivity contribution in [2.45, 2.75) is 19.6 Å². The highest BCUT2D eigenvalue weighted by molar-refractivity contribution is 5.91. The minimum atomic E-state index is 0. The molecule has 0 aromatic heterocycles. The van der Waals surface area contributed by atoms with Gasteiger partial charge in [-0.15, -0.1) is 12.4 Å². The van der Waals surface area contributed by atoms with Gasteiger partial charge in [0.2, 0.25) is 5.91 Å². The first-order valence-corrected chi connectivity index (χ1v) is 7.43. The highest BCUT2D eigenvalue weighted by Gasteiger charge is 2.06. The number of benzene rings is 2. The van der Waals surface area contributed by atoms with Crippen LogP contribution in [0.25, 0.3) is 0 Å². The molecule has 0 unspecified atom stereocenters. The van der Waals surface area contributed by atoms with Gasteiger partial charge in [-0.3, -0.25) is 4.79 Å². The summed E-state index contributed by atoms with van der Waals surface area (Å²) in [6.07, 6.45) is 0.454. The number of anilines is 1. The van der Waals surface area contributed by atoms with Crippen LogP contribution in [0.3, 0.4) is 0 Å². The van der Waals surface area contributed by atoms with Crippen LogP contribution in [0.5, 0.6) is 0 Å². The third-order valence-electron chi connectivity index (χ3n) is 3.26.